The molecule has 2 aromatic heterocycles. The van der Waals surface area contributed by atoms with Crippen LogP contribution in [0.4, 0.5) is 17.3 Å². The van der Waals surface area contributed by atoms with Crippen LogP contribution in [0.25, 0.3) is 0 Å². The Hall–Kier alpha value is -3.24. The van der Waals surface area contributed by atoms with Crippen molar-refractivity contribution in [1.29, 1.82) is 0 Å². The number of aryl methyl sites for hydroxylation is 2. The first-order chi connectivity index (χ1) is 14.4. The predicted molar refractivity (Wildman–Crippen MR) is 116 cm³/mol. The molecule has 3 aromatic rings. The summed E-state index contributed by atoms with van der Waals surface area (Å²) in [6, 6.07) is 10.6. The fraction of sp³-hybridized carbons (Fsp3) is 0.250. The minimum atomic E-state index is -3.63. The van der Waals surface area contributed by atoms with Gasteiger partial charge in [0.05, 0.1) is 23.9 Å². The number of ether oxygens (including phenoxy) is 1. The molecule has 158 valence electrons. The first kappa shape index (κ1) is 21.5. The number of pyridine rings is 1. The molecule has 0 radical (unpaired) electrons. The second-order valence-corrected chi connectivity index (χ2v) is 8.32. The van der Waals surface area contributed by atoms with Crippen molar-refractivity contribution < 1.29 is 13.2 Å². The van der Waals surface area contributed by atoms with Crippen LogP contribution in [0.3, 0.4) is 0 Å². The highest BCUT2D eigenvalue weighted by molar-refractivity contribution is 7.89. The summed E-state index contributed by atoms with van der Waals surface area (Å²) in [7, 11) is -2.07. The summed E-state index contributed by atoms with van der Waals surface area (Å²) in [6.07, 6.45) is 3.38. The molecule has 0 saturated heterocycles. The molecule has 10 heteroatoms. The second kappa shape index (κ2) is 9.51. The molecule has 3 N–H and O–H groups in total. The number of benzene rings is 1. The van der Waals surface area contributed by atoms with Gasteiger partial charge < -0.3 is 15.4 Å². The summed E-state index contributed by atoms with van der Waals surface area (Å²) in [4.78, 5) is 4.27. The van der Waals surface area contributed by atoms with Crippen LogP contribution >= 0.6 is 0 Å². The number of hydrogen-bond acceptors (Lipinski definition) is 8. The van der Waals surface area contributed by atoms with Crippen molar-refractivity contribution in [2.24, 2.45) is 0 Å². The standard InChI is InChI=1S/C20H24N6O3S/c1-14-12-18(15(2)11-17(14)29-3)30(27,28)23-10-9-22-19-6-7-20(26-25-19)24-16-5-4-8-21-13-16/h4-8,11-13,23H,9-10H2,1-3H3,(H,22,25)(H,24,26). The third-order valence-electron chi connectivity index (χ3n) is 4.30. The summed E-state index contributed by atoms with van der Waals surface area (Å²) in [5.41, 5.74) is 2.20. The van der Waals surface area contributed by atoms with E-state index in [1.54, 1.807) is 50.7 Å². The first-order valence-corrected chi connectivity index (χ1v) is 10.8. The largest absolute Gasteiger partial charge is 0.496 e. The first-order valence-electron chi connectivity index (χ1n) is 9.28. The van der Waals surface area contributed by atoms with Crippen LogP contribution in [0.2, 0.25) is 0 Å². The van der Waals surface area contributed by atoms with Crippen LogP contribution in [0, 0.1) is 13.8 Å². The van der Waals surface area contributed by atoms with E-state index in [-0.39, 0.29) is 11.4 Å². The van der Waals surface area contributed by atoms with Crippen molar-refractivity contribution in [2.75, 3.05) is 30.8 Å². The Balaban J connectivity index is 1.52. The van der Waals surface area contributed by atoms with Crippen LogP contribution in [-0.2, 0) is 10.0 Å². The van der Waals surface area contributed by atoms with Crippen LogP contribution in [-0.4, -0.2) is 43.8 Å². The van der Waals surface area contributed by atoms with Crippen molar-refractivity contribution >= 4 is 27.3 Å². The highest BCUT2D eigenvalue weighted by atomic mass is 32.2. The van der Waals surface area contributed by atoms with Gasteiger partial charge in [-0.25, -0.2) is 13.1 Å². The Morgan fingerprint density at radius 1 is 1.00 bits per heavy atom. The number of hydrogen-bond donors (Lipinski definition) is 3. The smallest absolute Gasteiger partial charge is 0.240 e. The molecule has 1 aromatic carbocycles. The Labute approximate surface area is 176 Å². The normalized spacial score (nSPS) is 11.2. The summed E-state index contributed by atoms with van der Waals surface area (Å²) >= 11 is 0. The fourth-order valence-corrected chi connectivity index (χ4v) is 4.15. The molecule has 0 saturated carbocycles. The molecule has 0 atom stereocenters. The van der Waals surface area contributed by atoms with Crippen molar-refractivity contribution in [2.45, 2.75) is 18.7 Å². The molecule has 0 bridgehead atoms. The number of sulfonamides is 1. The van der Waals surface area contributed by atoms with E-state index in [1.165, 1.54) is 0 Å². The zero-order chi connectivity index (χ0) is 21.6. The van der Waals surface area contributed by atoms with Gasteiger partial charge in [0, 0.05) is 19.3 Å². The van der Waals surface area contributed by atoms with E-state index in [0.29, 0.717) is 29.5 Å². The molecular formula is C20H24N6O3S. The molecule has 3 rings (SSSR count). The lowest BCUT2D eigenvalue weighted by atomic mass is 10.1. The Kier molecular flexibility index (Phi) is 6.80. The van der Waals surface area contributed by atoms with E-state index in [0.717, 1.165) is 11.3 Å². The molecule has 0 aliphatic rings. The molecular weight excluding hydrogens is 404 g/mol. The number of rotatable bonds is 9. The predicted octanol–water partition coefficient (Wildman–Crippen LogP) is 2.63. The molecule has 2 heterocycles. The van der Waals surface area contributed by atoms with Gasteiger partial charge in [0.25, 0.3) is 0 Å². The number of methoxy groups -OCH3 is 1. The third-order valence-corrected chi connectivity index (χ3v) is 5.91. The molecule has 0 amide bonds. The molecule has 0 aliphatic carbocycles. The third kappa shape index (κ3) is 5.43. The van der Waals surface area contributed by atoms with Gasteiger partial charge in [0.1, 0.15) is 11.6 Å². The van der Waals surface area contributed by atoms with Crippen LogP contribution in [0.5, 0.6) is 5.75 Å². The van der Waals surface area contributed by atoms with E-state index >= 15 is 0 Å². The lowest BCUT2D eigenvalue weighted by molar-refractivity contribution is 0.411. The van der Waals surface area contributed by atoms with E-state index in [4.69, 9.17) is 4.74 Å². The summed E-state index contributed by atoms with van der Waals surface area (Å²) in [5, 5.41) is 14.3. The van der Waals surface area contributed by atoms with Crippen molar-refractivity contribution in [3.63, 3.8) is 0 Å². The minimum absolute atomic E-state index is 0.199. The summed E-state index contributed by atoms with van der Waals surface area (Å²) < 4.78 is 33.1. The maximum Gasteiger partial charge on any atom is 0.240 e. The monoisotopic (exact) mass is 428 g/mol. The fourth-order valence-electron chi connectivity index (χ4n) is 2.80. The second-order valence-electron chi connectivity index (χ2n) is 6.58. The quantitative estimate of drug-likeness (QED) is 0.445. The Morgan fingerprint density at radius 3 is 2.43 bits per heavy atom. The van der Waals surface area contributed by atoms with Gasteiger partial charge in [-0.2, -0.15) is 0 Å². The molecule has 9 nitrogen and oxygen atoms in total. The lowest BCUT2D eigenvalue weighted by Crippen LogP contribution is -2.29. The lowest BCUT2D eigenvalue weighted by Gasteiger charge is -2.13. The number of anilines is 3. The van der Waals surface area contributed by atoms with Crippen molar-refractivity contribution in [3.8, 4) is 5.75 Å². The number of aromatic nitrogens is 3. The minimum Gasteiger partial charge on any atom is -0.496 e. The van der Waals surface area contributed by atoms with E-state index in [2.05, 4.69) is 30.5 Å². The summed E-state index contributed by atoms with van der Waals surface area (Å²) in [6.45, 7) is 4.11. The van der Waals surface area contributed by atoms with Gasteiger partial charge in [-0.15, -0.1) is 10.2 Å². The molecule has 30 heavy (non-hydrogen) atoms. The van der Waals surface area contributed by atoms with Gasteiger partial charge in [-0.1, -0.05) is 0 Å². The van der Waals surface area contributed by atoms with Crippen LogP contribution in [0.1, 0.15) is 11.1 Å². The molecule has 0 unspecified atom stereocenters. The zero-order valence-electron chi connectivity index (χ0n) is 17.0. The topological polar surface area (TPSA) is 118 Å². The van der Waals surface area contributed by atoms with Crippen molar-refractivity contribution in [1.82, 2.24) is 19.9 Å². The van der Waals surface area contributed by atoms with Gasteiger partial charge in [-0.05, 0) is 61.4 Å². The van der Waals surface area contributed by atoms with Gasteiger partial charge in [-0.3, -0.25) is 4.98 Å². The zero-order valence-corrected chi connectivity index (χ0v) is 17.8. The van der Waals surface area contributed by atoms with E-state index < -0.39 is 10.0 Å². The summed E-state index contributed by atoms with van der Waals surface area (Å²) in [5.74, 6) is 1.79. The van der Waals surface area contributed by atoms with Gasteiger partial charge in [0.2, 0.25) is 10.0 Å². The average Bonchev–Trinajstić information content (AvgIpc) is 2.74. The molecule has 0 aliphatic heterocycles. The highest BCUT2D eigenvalue weighted by Gasteiger charge is 2.18. The number of nitrogens with zero attached hydrogens (tertiary/aromatic N) is 3. The maximum atomic E-state index is 12.6. The SMILES string of the molecule is COc1cc(C)c(S(=O)(=O)NCCNc2ccc(Nc3cccnc3)nn2)cc1C. The van der Waals surface area contributed by atoms with Gasteiger partial charge >= 0.3 is 0 Å². The number of nitrogens with one attached hydrogen (secondary N) is 3. The Bertz CT molecular complexity index is 1090. The van der Waals surface area contributed by atoms with Crippen LogP contribution < -0.4 is 20.1 Å². The van der Waals surface area contributed by atoms with E-state index in [1.807, 2.05) is 19.1 Å². The van der Waals surface area contributed by atoms with E-state index in [9.17, 15) is 8.42 Å². The molecule has 0 spiro atoms. The van der Waals surface area contributed by atoms with Crippen molar-refractivity contribution in [3.05, 3.63) is 59.9 Å². The molecule has 0 fully saturated rings. The van der Waals surface area contributed by atoms with Gasteiger partial charge in [0.15, 0.2) is 5.82 Å². The average molecular weight is 429 g/mol. The van der Waals surface area contributed by atoms with Crippen LogP contribution in [0.15, 0.2) is 53.7 Å². The Morgan fingerprint density at radius 2 is 1.77 bits per heavy atom. The highest BCUT2D eigenvalue weighted by Crippen LogP contribution is 2.25. The maximum absolute atomic E-state index is 12.6.